The van der Waals surface area contributed by atoms with Crippen LogP contribution in [0.2, 0.25) is 0 Å². The predicted molar refractivity (Wildman–Crippen MR) is 94.1 cm³/mol. The van der Waals surface area contributed by atoms with Gasteiger partial charge in [0.05, 0.1) is 6.26 Å². The Morgan fingerprint density at radius 3 is 3.08 bits per heavy atom. The summed E-state index contributed by atoms with van der Waals surface area (Å²) in [5.41, 5.74) is 2.10. The minimum absolute atomic E-state index is 0.0427. The van der Waals surface area contributed by atoms with E-state index in [1.807, 2.05) is 30.2 Å². The van der Waals surface area contributed by atoms with Crippen LogP contribution < -0.4 is 5.32 Å². The molecule has 2 N–H and O–H groups in total. The smallest absolute Gasteiger partial charge is 0.317 e. The molecule has 0 saturated carbocycles. The van der Waals surface area contributed by atoms with Crippen LogP contribution in [0.4, 0.5) is 4.79 Å². The third kappa shape index (κ3) is 4.60. The monoisotopic (exact) mass is 343 g/mol. The predicted octanol–water partition coefficient (Wildman–Crippen LogP) is 2.82. The van der Waals surface area contributed by atoms with Gasteiger partial charge in [0.2, 0.25) is 0 Å². The van der Waals surface area contributed by atoms with Crippen LogP contribution in [-0.2, 0) is 6.42 Å². The molecule has 1 saturated heterocycles. The van der Waals surface area contributed by atoms with Crippen molar-refractivity contribution in [2.45, 2.75) is 44.8 Å². The maximum Gasteiger partial charge on any atom is 0.317 e. The molecule has 2 aromatic heterocycles. The second kappa shape index (κ2) is 8.16. The quantitative estimate of drug-likeness (QED) is 0.845. The van der Waals surface area contributed by atoms with Gasteiger partial charge in [-0.15, -0.1) is 0 Å². The molecule has 0 bridgehead atoms. The first-order chi connectivity index (χ1) is 12.1. The standard InChI is InChI=1S/C19H25N3O3/c1-14-6-7-15(13-21-14)8-9-20-19(24)22-10-2-4-16(22)12-17(23)18-5-3-11-25-18/h3,5-7,11,13,16-17,23H,2,4,8-10,12H2,1H3,(H,20,24). The van der Waals surface area contributed by atoms with Crippen molar-refractivity contribution in [3.8, 4) is 0 Å². The highest BCUT2D eigenvalue weighted by molar-refractivity contribution is 5.74. The lowest BCUT2D eigenvalue weighted by Gasteiger charge is -2.26. The van der Waals surface area contributed by atoms with E-state index in [9.17, 15) is 9.90 Å². The molecule has 1 fully saturated rings. The van der Waals surface area contributed by atoms with Gasteiger partial charge in [0, 0.05) is 37.4 Å². The Bertz CT molecular complexity index is 670. The van der Waals surface area contributed by atoms with Crippen molar-refractivity contribution >= 4 is 6.03 Å². The number of urea groups is 1. The summed E-state index contributed by atoms with van der Waals surface area (Å²) in [5, 5.41) is 13.2. The summed E-state index contributed by atoms with van der Waals surface area (Å²) < 4.78 is 5.25. The number of carbonyl (C=O) groups is 1. The number of aliphatic hydroxyl groups excluding tert-OH is 1. The van der Waals surface area contributed by atoms with Crippen LogP contribution in [0.3, 0.4) is 0 Å². The highest BCUT2D eigenvalue weighted by Crippen LogP contribution is 2.27. The summed E-state index contributed by atoms with van der Waals surface area (Å²) in [4.78, 5) is 18.6. The number of furan rings is 1. The van der Waals surface area contributed by atoms with Gasteiger partial charge in [-0.3, -0.25) is 4.98 Å². The van der Waals surface area contributed by atoms with Crippen LogP contribution in [0, 0.1) is 6.92 Å². The Morgan fingerprint density at radius 1 is 1.48 bits per heavy atom. The van der Waals surface area contributed by atoms with Crippen LogP contribution in [0.5, 0.6) is 0 Å². The highest BCUT2D eigenvalue weighted by Gasteiger charge is 2.31. The molecule has 25 heavy (non-hydrogen) atoms. The van der Waals surface area contributed by atoms with E-state index in [0.717, 1.165) is 37.1 Å². The van der Waals surface area contributed by atoms with Crippen molar-refractivity contribution in [3.63, 3.8) is 0 Å². The van der Waals surface area contributed by atoms with Crippen molar-refractivity contribution < 1.29 is 14.3 Å². The fraction of sp³-hybridized carbons (Fsp3) is 0.474. The van der Waals surface area contributed by atoms with E-state index >= 15 is 0 Å². The topological polar surface area (TPSA) is 78.6 Å². The summed E-state index contributed by atoms with van der Waals surface area (Å²) in [5.74, 6) is 0.555. The number of aryl methyl sites for hydroxylation is 1. The number of aromatic nitrogens is 1. The van der Waals surface area contributed by atoms with Crippen molar-refractivity contribution in [2.24, 2.45) is 0 Å². The van der Waals surface area contributed by atoms with Crippen molar-refractivity contribution in [2.75, 3.05) is 13.1 Å². The average Bonchev–Trinajstić information content (AvgIpc) is 3.28. The van der Waals surface area contributed by atoms with Gasteiger partial charge in [0.1, 0.15) is 11.9 Å². The third-order valence-electron chi connectivity index (χ3n) is 4.67. The maximum atomic E-state index is 12.5. The lowest BCUT2D eigenvalue weighted by Crippen LogP contribution is -2.43. The van der Waals surface area contributed by atoms with Gasteiger partial charge < -0.3 is 19.7 Å². The number of nitrogens with one attached hydrogen (secondary N) is 1. The average molecular weight is 343 g/mol. The fourth-order valence-corrected chi connectivity index (χ4v) is 3.26. The van der Waals surface area contributed by atoms with Crippen LogP contribution in [0.25, 0.3) is 0 Å². The number of aliphatic hydroxyl groups is 1. The van der Waals surface area contributed by atoms with Crippen LogP contribution in [-0.4, -0.2) is 40.2 Å². The lowest BCUT2D eigenvalue weighted by atomic mass is 10.1. The molecule has 3 rings (SSSR count). The van der Waals surface area contributed by atoms with E-state index in [0.29, 0.717) is 18.7 Å². The summed E-state index contributed by atoms with van der Waals surface area (Å²) in [6, 6.07) is 7.52. The molecule has 0 aromatic carbocycles. The number of nitrogens with zero attached hydrogens (tertiary/aromatic N) is 2. The van der Waals surface area contributed by atoms with E-state index in [1.54, 1.807) is 18.4 Å². The van der Waals surface area contributed by atoms with Gasteiger partial charge in [-0.2, -0.15) is 0 Å². The summed E-state index contributed by atoms with van der Waals surface area (Å²) in [6.07, 6.45) is 5.86. The van der Waals surface area contributed by atoms with Crippen LogP contribution >= 0.6 is 0 Å². The number of hydrogen-bond acceptors (Lipinski definition) is 4. The molecule has 2 atom stereocenters. The first-order valence-corrected chi connectivity index (χ1v) is 8.81. The molecular weight excluding hydrogens is 318 g/mol. The first-order valence-electron chi connectivity index (χ1n) is 8.81. The second-order valence-corrected chi connectivity index (χ2v) is 6.55. The molecule has 0 aliphatic carbocycles. The van der Waals surface area contributed by atoms with Crippen LogP contribution in [0.15, 0.2) is 41.1 Å². The molecule has 0 radical (unpaired) electrons. The molecule has 6 heteroatoms. The maximum absolute atomic E-state index is 12.5. The number of rotatable bonds is 6. The highest BCUT2D eigenvalue weighted by atomic mass is 16.4. The molecule has 2 amide bonds. The van der Waals surface area contributed by atoms with Gasteiger partial charge in [0.15, 0.2) is 0 Å². The summed E-state index contributed by atoms with van der Waals surface area (Å²) in [7, 11) is 0. The Hall–Kier alpha value is -2.34. The van der Waals surface area contributed by atoms with Crippen LogP contribution in [0.1, 0.15) is 42.4 Å². The minimum Gasteiger partial charge on any atom is -0.467 e. The number of hydrogen-bond donors (Lipinski definition) is 2. The Kier molecular flexibility index (Phi) is 5.71. The van der Waals surface area contributed by atoms with Gasteiger partial charge in [-0.25, -0.2) is 4.79 Å². The molecule has 3 heterocycles. The van der Waals surface area contributed by atoms with Gasteiger partial charge in [0.25, 0.3) is 0 Å². The van der Waals surface area contributed by atoms with E-state index in [4.69, 9.17) is 4.42 Å². The van der Waals surface area contributed by atoms with E-state index in [-0.39, 0.29) is 12.1 Å². The number of amides is 2. The Labute approximate surface area is 147 Å². The number of pyridine rings is 1. The van der Waals surface area contributed by atoms with Crippen molar-refractivity contribution in [3.05, 3.63) is 53.7 Å². The van der Waals surface area contributed by atoms with E-state index in [1.165, 1.54) is 0 Å². The third-order valence-corrected chi connectivity index (χ3v) is 4.67. The molecule has 2 aromatic rings. The molecule has 1 aliphatic rings. The van der Waals surface area contributed by atoms with E-state index < -0.39 is 6.10 Å². The molecule has 6 nitrogen and oxygen atoms in total. The van der Waals surface area contributed by atoms with Crippen molar-refractivity contribution in [1.29, 1.82) is 0 Å². The molecule has 2 unspecified atom stereocenters. The zero-order valence-electron chi connectivity index (χ0n) is 14.5. The summed E-state index contributed by atoms with van der Waals surface area (Å²) >= 11 is 0. The molecular formula is C19H25N3O3. The largest absolute Gasteiger partial charge is 0.467 e. The number of carbonyl (C=O) groups excluding carboxylic acids is 1. The zero-order valence-corrected chi connectivity index (χ0v) is 14.5. The first kappa shape index (κ1) is 17.5. The summed E-state index contributed by atoms with van der Waals surface area (Å²) in [6.45, 7) is 3.26. The minimum atomic E-state index is -0.674. The normalized spacial score (nSPS) is 18.3. The lowest BCUT2D eigenvalue weighted by molar-refractivity contribution is 0.108. The van der Waals surface area contributed by atoms with E-state index in [2.05, 4.69) is 10.3 Å². The Morgan fingerprint density at radius 2 is 2.36 bits per heavy atom. The Balaban J connectivity index is 1.47. The fourth-order valence-electron chi connectivity index (χ4n) is 3.26. The second-order valence-electron chi connectivity index (χ2n) is 6.55. The van der Waals surface area contributed by atoms with Gasteiger partial charge >= 0.3 is 6.03 Å². The zero-order chi connectivity index (χ0) is 17.6. The molecule has 1 aliphatic heterocycles. The van der Waals surface area contributed by atoms with Gasteiger partial charge in [-0.1, -0.05) is 6.07 Å². The molecule has 0 spiro atoms. The van der Waals surface area contributed by atoms with Gasteiger partial charge in [-0.05, 0) is 49.9 Å². The molecule has 134 valence electrons. The SMILES string of the molecule is Cc1ccc(CCNC(=O)N2CCCC2CC(O)c2ccco2)cn1. The number of likely N-dealkylation sites (tertiary alicyclic amines) is 1. The van der Waals surface area contributed by atoms with Crippen molar-refractivity contribution in [1.82, 2.24) is 15.2 Å².